The van der Waals surface area contributed by atoms with Crippen LogP contribution >= 0.6 is 0 Å². The van der Waals surface area contributed by atoms with Crippen LogP contribution in [0.3, 0.4) is 0 Å². The van der Waals surface area contributed by atoms with Gasteiger partial charge in [0.05, 0.1) is 11.4 Å². The Balaban J connectivity index is 1.21. The van der Waals surface area contributed by atoms with E-state index in [4.69, 9.17) is 0 Å². The van der Waals surface area contributed by atoms with Crippen LogP contribution < -0.4 is 10.1 Å². The Kier molecular flexibility index (Phi) is 3.68. The van der Waals surface area contributed by atoms with Crippen molar-refractivity contribution >= 4 is 5.69 Å². The van der Waals surface area contributed by atoms with E-state index in [1.165, 1.54) is 25.7 Å². The van der Waals surface area contributed by atoms with Gasteiger partial charge in [-0.3, -0.25) is 0 Å². The van der Waals surface area contributed by atoms with Crippen LogP contribution in [0, 0.1) is 0 Å². The Morgan fingerprint density at radius 2 is 1.86 bits per heavy atom. The second kappa shape index (κ2) is 6.51. The Morgan fingerprint density at radius 1 is 1.00 bits per heavy atom. The highest BCUT2D eigenvalue weighted by Crippen LogP contribution is 2.38. The van der Waals surface area contributed by atoms with Crippen molar-refractivity contribution in [2.45, 2.75) is 37.6 Å². The lowest BCUT2D eigenvalue weighted by atomic mass is 10.2. The first-order valence-electron chi connectivity index (χ1n) is 10.0. The van der Waals surface area contributed by atoms with E-state index < -0.39 is 0 Å². The van der Waals surface area contributed by atoms with Crippen LogP contribution in [0.15, 0.2) is 61.4 Å². The monoisotopic (exact) mass is 385 g/mol. The molecule has 1 aromatic carbocycles. The lowest BCUT2D eigenvalue weighted by Gasteiger charge is -2.06. The predicted octanol–water partition coefficient (Wildman–Crippen LogP) is 2.90. The Morgan fingerprint density at radius 3 is 2.66 bits per heavy atom. The molecule has 0 amide bonds. The first-order chi connectivity index (χ1) is 14.3. The van der Waals surface area contributed by atoms with Gasteiger partial charge in [-0.15, -0.1) is 10.2 Å². The van der Waals surface area contributed by atoms with E-state index >= 15 is 0 Å². The summed E-state index contributed by atoms with van der Waals surface area (Å²) in [6, 6.07) is 12.8. The molecule has 0 bridgehead atoms. The number of anilines is 1. The summed E-state index contributed by atoms with van der Waals surface area (Å²) in [4.78, 5) is 4.42. The van der Waals surface area contributed by atoms with Crippen LogP contribution in [0.4, 0.5) is 5.69 Å². The van der Waals surface area contributed by atoms with Crippen LogP contribution in [0.5, 0.6) is 0 Å². The molecule has 2 saturated carbocycles. The summed E-state index contributed by atoms with van der Waals surface area (Å²) in [5, 5.41) is 13.0. The number of aromatic nitrogens is 7. The molecular formula is C21H21N8+. The summed E-state index contributed by atoms with van der Waals surface area (Å²) in [5.41, 5.74) is 6.44. The molecule has 4 aromatic rings. The van der Waals surface area contributed by atoms with Crippen LogP contribution in [0.2, 0.25) is 0 Å². The second-order valence-corrected chi connectivity index (χ2v) is 7.77. The van der Waals surface area contributed by atoms with Crippen molar-refractivity contribution in [1.82, 2.24) is 29.5 Å². The number of hydrogen-bond acceptors (Lipinski definition) is 5. The van der Waals surface area contributed by atoms with Gasteiger partial charge in [0.25, 0.3) is 0 Å². The lowest BCUT2D eigenvalue weighted by molar-refractivity contribution is -0.642. The van der Waals surface area contributed by atoms with Gasteiger partial charge in [-0.25, -0.2) is 9.67 Å². The van der Waals surface area contributed by atoms with E-state index in [-0.39, 0.29) is 0 Å². The molecule has 1 N–H and O–H groups in total. The maximum Gasteiger partial charge on any atom is 0.202 e. The van der Waals surface area contributed by atoms with Gasteiger partial charge in [-0.2, -0.15) is 10.5 Å². The molecule has 0 unspecified atom stereocenters. The quantitative estimate of drug-likeness (QED) is 0.517. The van der Waals surface area contributed by atoms with Crippen molar-refractivity contribution in [3.05, 3.63) is 67.3 Å². The maximum absolute atomic E-state index is 4.58. The molecule has 144 valence electrons. The molecular weight excluding hydrogens is 364 g/mol. The van der Waals surface area contributed by atoms with Crippen LogP contribution in [0.1, 0.15) is 43.5 Å². The zero-order chi connectivity index (χ0) is 19.2. The molecule has 8 nitrogen and oxygen atoms in total. The summed E-state index contributed by atoms with van der Waals surface area (Å²) in [7, 11) is 0. The average Bonchev–Trinajstić information content (AvgIpc) is 3.69. The Bertz CT molecular complexity index is 1150. The SMILES string of the molecule is c1cc(N[n+]2ccc(-n3cnc(C4CC4)n3)cc2)cc(-c2nncn2C2CC2)c1. The fourth-order valence-corrected chi connectivity index (χ4v) is 3.52. The number of benzene rings is 1. The molecule has 3 heterocycles. The van der Waals surface area contributed by atoms with Gasteiger partial charge >= 0.3 is 0 Å². The summed E-state index contributed by atoms with van der Waals surface area (Å²) < 4.78 is 5.94. The average molecular weight is 385 g/mol. The fourth-order valence-electron chi connectivity index (χ4n) is 3.52. The Labute approximate surface area is 167 Å². The van der Waals surface area contributed by atoms with E-state index in [9.17, 15) is 0 Å². The maximum atomic E-state index is 4.58. The molecule has 2 aliphatic rings. The third-order valence-electron chi connectivity index (χ3n) is 5.42. The van der Waals surface area contributed by atoms with Crippen LogP contribution in [-0.2, 0) is 0 Å². The third kappa shape index (κ3) is 3.26. The minimum atomic E-state index is 0.552. The fraction of sp³-hybridized carbons (Fsp3) is 0.286. The largest absolute Gasteiger partial charge is 0.310 e. The summed E-state index contributed by atoms with van der Waals surface area (Å²) >= 11 is 0. The van der Waals surface area contributed by atoms with Gasteiger partial charge in [-0.1, -0.05) is 16.8 Å². The highest BCUT2D eigenvalue weighted by molar-refractivity contribution is 5.62. The summed E-state index contributed by atoms with van der Waals surface area (Å²) in [5.74, 6) is 2.44. The number of pyridine rings is 1. The number of hydrogen-bond donors (Lipinski definition) is 1. The van der Waals surface area contributed by atoms with E-state index in [0.717, 1.165) is 28.6 Å². The van der Waals surface area contributed by atoms with E-state index in [2.05, 4.69) is 42.4 Å². The lowest BCUT2D eigenvalue weighted by Crippen LogP contribution is -2.41. The van der Waals surface area contributed by atoms with Crippen LogP contribution in [0.25, 0.3) is 17.1 Å². The van der Waals surface area contributed by atoms with E-state index in [1.54, 1.807) is 6.33 Å². The minimum absolute atomic E-state index is 0.552. The molecule has 8 heteroatoms. The van der Waals surface area contributed by atoms with Gasteiger partial charge in [0.2, 0.25) is 12.4 Å². The van der Waals surface area contributed by atoms with Gasteiger partial charge < -0.3 is 4.57 Å². The zero-order valence-electron chi connectivity index (χ0n) is 15.9. The van der Waals surface area contributed by atoms with Gasteiger partial charge in [0.1, 0.15) is 12.7 Å². The van der Waals surface area contributed by atoms with Crippen molar-refractivity contribution in [2.75, 3.05) is 5.43 Å². The molecule has 0 radical (unpaired) electrons. The number of nitrogens with zero attached hydrogens (tertiary/aromatic N) is 7. The van der Waals surface area contributed by atoms with Gasteiger partial charge in [-0.05, 0) is 37.8 Å². The van der Waals surface area contributed by atoms with Crippen molar-refractivity contribution in [3.63, 3.8) is 0 Å². The molecule has 6 rings (SSSR count). The molecule has 0 saturated heterocycles. The van der Waals surface area contributed by atoms with E-state index in [1.807, 2.05) is 52.3 Å². The molecule has 0 aliphatic heterocycles. The second-order valence-electron chi connectivity index (χ2n) is 7.77. The van der Waals surface area contributed by atoms with Crippen molar-refractivity contribution in [1.29, 1.82) is 0 Å². The van der Waals surface area contributed by atoms with E-state index in [0.29, 0.717) is 12.0 Å². The van der Waals surface area contributed by atoms with Crippen LogP contribution in [-0.4, -0.2) is 29.5 Å². The molecule has 29 heavy (non-hydrogen) atoms. The minimum Gasteiger partial charge on any atom is -0.310 e. The highest BCUT2D eigenvalue weighted by Gasteiger charge is 2.28. The highest BCUT2D eigenvalue weighted by atomic mass is 15.4. The van der Waals surface area contributed by atoms with Crippen molar-refractivity contribution in [2.24, 2.45) is 0 Å². The first kappa shape index (κ1) is 16.4. The third-order valence-corrected chi connectivity index (χ3v) is 5.42. The normalized spacial score (nSPS) is 16.1. The predicted molar refractivity (Wildman–Crippen MR) is 106 cm³/mol. The molecule has 0 spiro atoms. The molecule has 2 aliphatic carbocycles. The molecule has 0 atom stereocenters. The summed E-state index contributed by atoms with van der Waals surface area (Å²) in [6.45, 7) is 0. The standard InChI is InChI=1S/C21H21N8/c1-2-16(21-24-23-14-28(21)18-6-7-18)12-17(3-1)25-27-10-8-19(9-11-27)29-13-22-20(26-29)15-4-5-15/h1-3,8-15,18,25H,4-7H2/q+1. The first-order valence-corrected chi connectivity index (χ1v) is 10.0. The van der Waals surface area contributed by atoms with Crippen molar-refractivity contribution < 1.29 is 4.68 Å². The van der Waals surface area contributed by atoms with Gasteiger partial charge in [0, 0.05) is 29.7 Å². The zero-order valence-corrected chi connectivity index (χ0v) is 15.9. The topological polar surface area (TPSA) is 77.3 Å². The van der Waals surface area contributed by atoms with Crippen molar-refractivity contribution in [3.8, 4) is 17.1 Å². The summed E-state index contributed by atoms with van der Waals surface area (Å²) in [6.07, 6.45) is 12.4. The smallest absolute Gasteiger partial charge is 0.202 e. The Hall–Kier alpha value is -3.55. The number of rotatable bonds is 6. The molecule has 3 aromatic heterocycles. The van der Waals surface area contributed by atoms with Gasteiger partial charge in [0.15, 0.2) is 11.6 Å². The number of nitrogens with one attached hydrogen (secondary N) is 1. The molecule has 2 fully saturated rings.